The second-order valence-corrected chi connectivity index (χ2v) is 9.42. The second kappa shape index (κ2) is 13.2. The summed E-state index contributed by atoms with van der Waals surface area (Å²) in [5.41, 5.74) is 9.60. The molecule has 3 aromatic rings. The van der Waals surface area contributed by atoms with Crippen LogP contribution in [0.15, 0.2) is 42.5 Å². The summed E-state index contributed by atoms with van der Waals surface area (Å²) in [6.45, 7) is 0.647. The van der Waals surface area contributed by atoms with Crippen molar-refractivity contribution in [2.75, 3.05) is 38.5 Å². The fourth-order valence-corrected chi connectivity index (χ4v) is 4.75. The lowest BCUT2D eigenvalue weighted by atomic mass is 9.95. The molecular weight excluding hydrogens is 488 g/mol. The zero-order chi connectivity index (χ0) is 26.9. The first-order valence-electron chi connectivity index (χ1n) is 12.9. The van der Waals surface area contributed by atoms with Crippen molar-refractivity contribution in [3.05, 3.63) is 53.7 Å². The van der Waals surface area contributed by atoms with Gasteiger partial charge in [-0.15, -0.1) is 0 Å². The molecule has 0 spiro atoms. The van der Waals surface area contributed by atoms with Crippen molar-refractivity contribution >= 4 is 34.2 Å². The maximum absolute atomic E-state index is 13.0. The van der Waals surface area contributed by atoms with E-state index in [0.717, 1.165) is 35.1 Å². The molecule has 5 N–H and O–H groups in total. The van der Waals surface area contributed by atoms with Crippen molar-refractivity contribution in [3.63, 3.8) is 0 Å². The number of nitrogen functional groups attached to an aromatic ring is 1. The number of aromatic nitrogens is 1. The van der Waals surface area contributed by atoms with Crippen LogP contribution in [-0.2, 0) is 25.7 Å². The van der Waals surface area contributed by atoms with E-state index in [9.17, 15) is 9.59 Å². The average molecular weight is 525 g/mol. The van der Waals surface area contributed by atoms with Crippen LogP contribution in [-0.4, -0.2) is 56.4 Å². The first-order chi connectivity index (χ1) is 18.5. The molecule has 0 aliphatic heterocycles. The van der Waals surface area contributed by atoms with E-state index in [0.29, 0.717) is 36.3 Å². The number of nitrogens with two attached hydrogens (primary N) is 1. The van der Waals surface area contributed by atoms with Crippen LogP contribution in [0.5, 0.6) is 5.75 Å². The highest BCUT2D eigenvalue weighted by Crippen LogP contribution is 2.26. The number of esters is 1. The van der Waals surface area contributed by atoms with E-state index in [4.69, 9.17) is 20.1 Å². The van der Waals surface area contributed by atoms with Gasteiger partial charge in [0.2, 0.25) is 0 Å². The Labute approximate surface area is 222 Å². The monoisotopic (exact) mass is 524 g/mol. The number of rotatable bonds is 12. The Kier molecular flexibility index (Phi) is 9.45. The highest BCUT2D eigenvalue weighted by atomic mass is 17.2. The third-order valence-electron chi connectivity index (χ3n) is 6.69. The maximum Gasteiger partial charge on any atom is 0.328 e. The molecule has 1 aromatic heterocycles. The molecule has 0 radical (unpaired) electrons. The SMILES string of the molecule is COOCCOc1ccc2[nH]c(C[C@H](NC(=O)c3ccc(NC4CCCCC4)c(N)c3)C(=O)OC)cc2c1. The Morgan fingerprint density at radius 2 is 1.87 bits per heavy atom. The Bertz CT molecular complexity index is 1240. The van der Waals surface area contributed by atoms with Gasteiger partial charge < -0.3 is 30.8 Å². The topological polar surface area (TPSA) is 137 Å². The van der Waals surface area contributed by atoms with Crippen molar-refractivity contribution in [2.24, 2.45) is 0 Å². The highest BCUT2D eigenvalue weighted by molar-refractivity contribution is 5.98. The van der Waals surface area contributed by atoms with E-state index in [1.807, 2.05) is 30.3 Å². The first kappa shape index (κ1) is 27.3. The highest BCUT2D eigenvalue weighted by Gasteiger charge is 2.24. The molecule has 0 unspecified atom stereocenters. The molecule has 2 aromatic carbocycles. The van der Waals surface area contributed by atoms with E-state index >= 15 is 0 Å². The van der Waals surface area contributed by atoms with Crippen LogP contribution < -0.4 is 21.1 Å². The fraction of sp³-hybridized carbons (Fsp3) is 0.429. The Balaban J connectivity index is 1.41. The van der Waals surface area contributed by atoms with Gasteiger partial charge in [0.05, 0.1) is 25.6 Å². The third-order valence-corrected chi connectivity index (χ3v) is 6.69. The molecule has 1 aliphatic carbocycles. The molecule has 1 aliphatic rings. The van der Waals surface area contributed by atoms with E-state index < -0.39 is 17.9 Å². The minimum Gasteiger partial charge on any atom is -0.491 e. The number of nitrogens with one attached hydrogen (secondary N) is 3. The van der Waals surface area contributed by atoms with Gasteiger partial charge in [0, 0.05) is 34.6 Å². The molecule has 204 valence electrons. The summed E-state index contributed by atoms with van der Waals surface area (Å²) in [5, 5.41) is 7.20. The van der Waals surface area contributed by atoms with Crippen LogP contribution in [0.2, 0.25) is 0 Å². The molecule has 0 saturated heterocycles. The number of hydrogen-bond donors (Lipinski definition) is 4. The van der Waals surface area contributed by atoms with Crippen LogP contribution in [0.1, 0.15) is 48.2 Å². The molecule has 0 bridgehead atoms. The van der Waals surface area contributed by atoms with E-state index in [1.165, 1.54) is 33.5 Å². The minimum atomic E-state index is -0.885. The van der Waals surface area contributed by atoms with Crippen molar-refractivity contribution in [1.82, 2.24) is 10.3 Å². The minimum absolute atomic E-state index is 0.224. The lowest BCUT2D eigenvalue weighted by molar-refractivity contribution is -0.274. The molecular formula is C28H36N4O6. The third kappa shape index (κ3) is 7.17. The van der Waals surface area contributed by atoms with Gasteiger partial charge in [0.25, 0.3) is 5.91 Å². The summed E-state index contributed by atoms with van der Waals surface area (Å²) >= 11 is 0. The zero-order valence-electron chi connectivity index (χ0n) is 21.9. The molecule has 1 heterocycles. The largest absolute Gasteiger partial charge is 0.491 e. The number of ether oxygens (including phenoxy) is 2. The quantitative estimate of drug-likeness (QED) is 0.0919. The number of fused-ring (bicyclic) bond motifs is 1. The molecule has 1 fully saturated rings. The molecule has 1 amide bonds. The number of hydrogen-bond acceptors (Lipinski definition) is 8. The van der Waals surface area contributed by atoms with Gasteiger partial charge >= 0.3 is 5.97 Å². The predicted molar refractivity (Wildman–Crippen MR) is 145 cm³/mol. The van der Waals surface area contributed by atoms with Crippen LogP contribution in [0.25, 0.3) is 10.9 Å². The second-order valence-electron chi connectivity index (χ2n) is 9.42. The predicted octanol–water partition coefficient (Wildman–Crippen LogP) is 3.97. The van der Waals surface area contributed by atoms with Gasteiger partial charge in [0.15, 0.2) is 0 Å². The molecule has 38 heavy (non-hydrogen) atoms. The number of benzene rings is 2. The van der Waals surface area contributed by atoms with Gasteiger partial charge in [-0.25, -0.2) is 14.6 Å². The number of amides is 1. The molecule has 10 nitrogen and oxygen atoms in total. The summed E-state index contributed by atoms with van der Waals surface area (Å²) < 4.78 is 10.6. The summed E-state index contributed by atoms with van der Waals surface area (Å²) in [6.07, 6.45) is 6.15. The maximum atomic E-state index is 13.0. The molecule has 10 heteroatoms. The smallest absolute Gasteiger partial charge is 0.328 e. The van der Waals surface area contributed by atoms with Crippen LogP contribution in [0, 0.1) is 0 Å². The standard InChI is InChI=1S/C28H36N4O6/c1-35-28(34)26(17-21-14-19-15-22(9-11-24(19)31-21)37-12-13-38-36-2)32-27(33)18-8-10-25(23(29)16-18)30-20-6-4-3-5-7-20/h8-11,14-16,20,26,30-31H,3-7,12-13,17,29H2,1-2H3,(H,32,33)/t26-/m0/s1. The number of carbonyl (C=O) groups excluding carboxylic acids is 2. The van der Waals surface area contributed by atoms with Gasteiger partial charge in [-0.3, -0.25) is 4.79 Å². The number of aromatic amines is 1. The van der Waals surface area contributed by atoms with Gasteiger partial charge in [-0.1, -0.05) is 19.3 Å². The van der Waals surface area contributed by atoms with Gasteiger partial charge in [-0.2, -0.15) is 0 Å². The first-order valence-corrected chi connectivity index (χ1v) is 12.9. The number of anilines is 2. The van der Waals surface area contributed by atoms with E-state index in [-0.39, 0.29) is 6.42 Å². The Morgan fingerprint density at radius 3 is 2.61 bits per heavy atom. The van der Waals surface area contributed by atoms with Crippen molar-refractivity contribution in [1.29, 1.82) is 0 Å². The Morgan fingerprint density at radius 1 is 1.05 bits per heavy atom. The van der Waals surface area contributed by atoms with Gasteiger partial charge in [0.1, 0.15) is 25.0 Å². The lowest BCUT2D eigenvalue weighted by Crippen LogP contribution is -2.43. The fourth-order valence-electron chi connectivity index (χ4n) is 4.75. The number of methoxy groups -OCH3 is 1. The van der Waals surface area contributed by atoms with E-state index in [1.54, 1.807) is 12.1 Å². The van der Waals surface area contributed by atoms with Crippen molar-refractivity contribution in [3.8, 4) is 5.75 Å². The number of H-pyrrole nitrogens is 1. The van der Waals surface area contributed by atoms with Crippen molar-refractivity contribution in [2.45, 2.75) is 50.6 Å². The van der Waals surface area contributed by atoms with Crippen LogP contribution in [0.3, 0.4) is 0 Å². The average Bonchev–Trinajstić information content (AvgIpc) is 3.33. The van der Waals surface area contributed by atoms with Crippen molar-refractivity contribution < 1.29 is 28.8 Å². The lowest BCUT2D eigenvalue weighted by Gasteiger charge is -2.24. The summed E-state index contributed by atoms with van der Waals surface area (Å²) in [7, 11) is 2.74. The molecule has 1 saturated carbocycles. The molecule has 1 atom stereocenters. The summed E-state index contributed by atoms with van der Waals surface area (Å²) in [4.78, 5) is 38.2. The zero-order valence-corrected chi connectivity index (χ0v) is 21.9. The van der Waals surface area contributed by atoms with Crippen LogP contribution in [0.4, 0.5) is 11.4 Å². The Hall–Kier alpha value is -3.76. The number of carbonyl (C=O) groups is 2. The summed E-state index contributed by atoms with van der Waals surface area (Å²) in [6, 6.07) is 12.2. The van der Waals surface area contributed by atoms with Gasteiger partial charge in [-0.05, 0) is 55.3 Å². The normalized spacial score (nSPS) is 14.7. The summed E-state index contributed by atoms with van der Waals surface area (Å²) in [5.74, 6) is -0.260. The molecule has 4 rings (SSSR count). The van der Waals surface area contributed by atoms with Crippen LogP contribution >= 0.6 is 0 Å². The van der Waals surface area contributed by atoms with E-state index in [2.05, 4.69) is 20.5 Å².